The quantitative estimate of drug-likeness (QED) is 0.792. The Balaban J connectivity index is 1.89. The Labute approximate surface area is 92.1 Å². The van der Waals surface area contributed by atoms with Crippen LogP contribution in [-0.4, -0.2) is 5.78 Å². The van der Waals surface area contributed by atoms with Crippen molar-refractivity contribution < 1.29 is 13.6 Å². The fraction of sp³-hybridized carbons (Fsp3) is 0.308. The maximum absolute atomic E-state index is 13.1. The Hall–Kier alpha value is -1.64. The van der Waals surface area contributed by atoms with E-state index in [1.165, 1.54) is 0 Å². The van der Waals surface area contributed by atoms with E-state index in [1.54, 1.807) is 18.2 Å². The van der Waals surface area contributed by atoms with Crippen LogP contribution in [0, 0.1) is 11.7 Å². The summed E-state index contributed by atoms with van der Waals surface area (Å²) in [6.45, 7) is 0. The summed E-state index contributed by atoms with van der Waals surface area (Å²) in [5, 5.41) is 0.475. The summed E-state index contributed by atoms with van der Waals surface area (Å²) >= 11 is 0. The van der Waals surface area contributed by atoms with Crippen molar-refractivity contribution in [2.24, 2.45) is 5.92 Å². The third-order valence-electron chi connectivity index (χ3n) is 3.00. The zero-order valence-electron chi connectivity index (χ0n) is 8.70. The van der Waals surface area contributed by atoms with Crippen molar-refractivity contribution in [1.29, 1.82) is 0 Å². The number of benzene rings is 1. The summed E-state index contributed by atoms with van der Waals surface area (Å²) in [5.41, 5.74) is 1.41. The maximum Gasteiger partial charge on any atom is 0.169 e. The molecule has 1 aliphatic carbocycles. The molecule has 2 aromatic rings. The molecule has 1 aliphatic rings. The van der Waals surface area contributed by atoms with Crippen LogP contribution >= 0.6 is 0 Å². The summed E-state index contributed by atoms with van der Waals surface area (Å²) in [5.74, 6) is 0.200. The largest absolute Gasteiger partial charge is 0.461 e. The van der Waals surface area contributed by atoms with Crippen LogP contribution in [0.3, 0.4) is 0 Å². The first-order valence-electron chi connectivity index (χ1n) is 5.42. The summed E-state index contributed by atoms with van der Waals surface area (Å²) in [7, 11) is 0. The number of halogens is 1. The lowest BCUT2D eigenvalue weighted by Crippen LogP contribution is -2.04. The molecule has 16 heavy (non-hydrogen) atoms. The number of fused-ring (bicyclic) bond motifs is 1. The number of hydrogen-bond acceptors (Lipinski definition) is 2. The van der Waals surface area contributed by atoms with Gasteiger partial charge in [-0.15, -0.1) is 0 Å². The monoisotopic (exact) mass is 218 g/mol. The van der Waals surface area contributed by atoms with Crippen molar-refractivity contribution in [3.63, 3.8) is 0 Å². The minimum atomic E-state index is -0.352. The van der Waals surface area contributed by atoms with Gasteiger partial charge in [0, 0.05) is 12.3 Å². The molecule has 0 N–H and O–H groups in total. The topological polar surface area (TPSA) is 30.2 Å². The molecule has 1 heterocycles. The molecule has 0 atom stereocenters. The summed E-state index contributed by atoms with van der Waals surface area (Å²) in [6, 6.07) is 5.21. The molecule has 0 saturated heterocycles. The highest BCUT2D eigenvalue weighted by Gasteiger charge is 2.29. The van der Waals surface area contributed by atoms with E-state index in [0.29, 0.717) is 17.4 Å². The molecule has 0 radical (unpaired) electrons. The second-order valence-electron chi connectivity index (χ2n) is 4.33. The molecule has 0 spiro atoms. The molecule has 3 heteroatoms. The fourth-order valence-electron chi connectivity index (χ4n) is 1.90. The van der Waals surface area contributed by atoms with Crippen LogP contribution in [0.4, 0.5) is 4.39 Å². The van der Waals surface area contributed by atoms with Crippen LogP contribution in [0.2, 0.25) is 0 Å². The van der Waals surface area contributed by atoms with Gasteiger partial charge < -0.3 is 4.42 Å². The second kappa shape index (κ2) is 3.44. The smallest absolute Gasteiger partial charge is 0.169 e. The molecule has 0 amide bonds. The number of ketones is 1. The van der Waals surface area contributed by atoms with Gasteiger partial charge in [0.1, 0.15) is 17.6 Å². The molecule has 2 nitrogen and oxygen atoms in total. The number of furan rings is 1. The van der Waals surface area contributed by atoms with Crippen molar-refractivity contribution in [2.75, 3.05) is 0 Å². The minimum absolute atomic E-state index is 0.268. The highest BCUT2D eigenvalue weighted by Crippen LogP contribution is 2.31. The lowest BCUT2D eigenvalue weighted by molar-refractivity contribution is -0.119. The molecule has 0 bridgehead atoms. The number of rotatable bonds is 3. The highest BCUT2D eigenvalue weighted by molar-refractivity contribution is 5.86. The van der Waals surface area contributed by atoms with E-state index in [-0.39, 0.29) is 17.5 Å². The van der Waals surface area contributed by atoms with Gasteiger partial charge in [-0.1, -0.05) is 6.07 Å². The summed E-state index contributed by atoms with van der Waals surface area (Å²) in [4.78, 5) is 11.6. The Morgan fingerprint density at radius 2 is 2.25 bits per heavy atom. The van der Waals surface area contributed by atoms with Crippen molar-refractivity contribution in [1.82, 2.24) is 0 Å². The molecule has 1 aromatic carbocycles. The Bertz CT molecular complexity index is 552. The lowest BCUT2D eigenvalue weighted by atomic mass is 10.1. The normalized spacial score (nSPS) is 15.6. The van der Waals surface area contributed by atoms with Gasteiger partial charge in [0.2, 0.25) is 0 Å². The van der Waals surface area contributed by atoms with Gasteiger partial charge in [0.15, 0.2) is 5.82 Å². The molecule has 82 valence electrons. The van der Waals surface area contributed by atoms with E-state index < -0.39 is 0 Å². The van der Waals surface area contributed by atoms with Crippen molar-refractivity contribution in [3.8, 4) is 0 Å². The number of Topliss-reactive ketones (excluding diaryl/α,β-unsaturated/α-hetero) is 1. The minimum Gasteiger partial charge on any atom is -0.461 e. The third-order valence-corrected chi connectivity index (χ3v) is 3.00. The average molecular weight is 218 g/mol. The summed E-state index contributed by atoms with van der Waals surface area (Å²) < 4.78 is 18.2. The van der Waals surface area contributed by atoms with E-state index in [9.17, 15) is 9.18 Å². The second-order valence-corrected chi connectivity index (χ2v) is 4.33. The van der Waals surface area contributed by atoms with Crippen LogP contribution in [0.5, 0.6) is 0 Å². The first-order valence-corrected chi connectivity index (χ1v) is 5.42. The maximum atomic E-state index is 13.1. The predicted molar refractivity (Wildman–Crippen MR) is 57.6 cm³/mol. The van der Waals surface area contributed by atoms with Crippen LogP contribution in [0.1, 0.15) is 18.4 Å². The number of carbonyl (C=O) groups is 1. The van der Waals surface area contributed by atoms with Crippen LogP contribution < -0.4 is 0 Å². The van der Waals surface area contributed by atoms with Crippen molar-refractivity contribution >= 4 is 16.8 Å². The molecular formula is C13H11FO2. The van der Waals surface area contributed by atoms with E-state index in [2.05, 4.69) is 0 Å². The van der Waals surface area contributed by atoms with Gasteiger partial charge in [-0.25, -0.2) is 4.39 Å². The first kappa shape index (κ1) is 9.58. The van der Waals surface area contributed by atoms with E-state index in [0.717, 1.165) is 24.7 Å². The standard InChI is InChI=1S/C13H11FO2/c14-11-7-16-13-6-8(1-4-10(11)13)5-12(15)9-2-3-9/h1,4,6-7,9H,2-3,5H2. The summed E-state index contributed by atoms with van der Waals surface area (Å²) in [6.07, 6.45) is 3.58. The predicted octanol–water partition coefficient (Wildman–Crippen LogP) is 3.09. The fourth-order valence-corrected chi connectivity index (χ4v) is 1.90. The Morgan fingerprint density at radius 3 is 3.00 bits per heavy atom. The molecule has 0 aliphatic heterocycles. The molecule has 3 rings (SSSR count). The molecule has 0 unspecified atom stereocenters. The zero-order valence-corrected chi connectivity index (χ0v) is 8.70. The highest BCUT2D eigenvalue weighted by atomic mass is 19.1. The third kappa shape index (κ3) is 1.62. The van der Waals surface area contributed by atoms with Gasteiger partial charge in [-0.05, 0) is 30.5 Å². The van der Waals surface area contributed by atoms with Gasteiger partial charge in [-0.3, -0.25) is 4.79 Å². The van der Waals surface area contributed by atoms with E-state index >= 15 is 0 Å². The van der Waals surface area contributed by atoms with Crippen LogP contribution in [-0.2, 0) is 11.2 Å². The number of carbonyl (C=O) groups excluding carboxylic acids is 1. The van der Waals surface area contributed by atoms with Crippen LogP contribution in [0.25, 0.3) is 11.0 Å². The Morgan fingerprint density at radius 1 is 1.44 bits per heavy atom. The zero-order chi connectivity index (χ0) is 11.1. The SMILES string of the molecule is O=C(Cc1ccc2c(F)coc2c1)C1CC1. The van der Waals surface area contributed by atoms with E-state index in [4.69, 9.17) is 4.42 Å². The van der Waals surface area contributed by atoms with Gasteiger partial charge in [0.25, 0.3) is 0 Å². The molecule has 1 aromatic heterocycles. The molecular weight excluding hydrogens is 207 g/mol. The van der Waals surface area contributed by atoms with Crippen molar-refractivity contribution in [3.05, 3.63) is 35.8 Å². The number of hydrogen-bond donors (Lipinski definition) is 0. The van der Waals surface area contributed by atoms with E-state index in [1.807, 2.05) is 0 Å². The van der Waals surface area contributed by atoms with Gasteiger partial charge in [0.05, 0.1) is 5.39 Å². The van der Waals surface area contributed by atoms with Crippen LogP contribution in [0.15, 0.2) is 28.9 Å². The Kier molecular flexibility index (Phi) is 2.06. The molecule has 1 fully saturated rings. The molecule has 1 saturated carbocycles. The first-order chi connectivity index (χ1) is 7.74. The average Bonchev–Trinajstić information content (AvgIpc) is 3.05. The van der Waals surface area contributed by atoms with Gasteiger partial charge in [-0.2, -0.15) is 0 Å². The lowest BCUT2D eigenvalue weighted by Gasteiger charge is -1.99. The van der Waals surface area contributed by atoms with Gasteiger partial charge >= 0.3 is 0 Å². The van der Waals surface area contributed by atoms with Crippen molar-refractivity contribution in [2.45, 2.75) is 19.3 Å².